The van der Waals surface area contributed by atoms with Crippen LogP contribution in [0.3, 0.4) is 0 Å². The number of hydrogen-bond donors (Lipinski definition) is 1. The fourth-order valence-electron chi connectivity index (χ4n) is 2.57. The lowest BCUT2D eigenvalue weighted by molar-refractivity contribution is -0.121. The van der Waals surface area contributed by atoms with Gasteiger partial charge in [-0.05, 0) is 44.4 Å². The monoisotopic (exact) mass is 484 g/mol. The molecule has 2 amide bonds. The summed E-state index contributed by atoms with van der Waals surface area (Å²) in [4.78, 5) is 41.8. The molecule has 0 aromatic heterocycles. The molecule has 0 bridgehead atoms. The summed E-state index contributed by atoms with van der Waals surface area (Å²) >= 11 is 0. The van der Waals surface area contributed by atoms with Crippen LogP contribution < -0.4 is 5.32 Å². The standard InChI is InChI=1S/C21H27FN4O3.C6H10/c1-6-17(11-16(4)25-13-22)12-26(14-27)20(18(28)9-7-8-10-23)19(15(2)3)21(29)24-5;1-4-6(3)5-2/h6-7,9,11,14-15H,1,8,12-13H2,2-5H3,(H,24,29);4-5H,1H2,2-3H3/b9-7+,17-11+,20-19-,25-16-;6-5-. The smallest absolute Gasteiger partial charge is 0.249 e. The van der Waals surface area contributed by atoms with Gasteiger partial charge in [0.15, 0.2) is 6.80 Å². The van der Waals surface area contributed by atoms with E-state index >= 15 is 0 Å². The summed E-state index contributed by atoms with van der Waals surface area (Å²) in [6.07, 6.45) is 9.81. The average Bonchev–Trinajstić information content (AvgIpc) is 2.84. The number of nitrogens with one attached hydrogen (secondary N) is 1. The predicted molar refractivity (Wildman–Crippen MR) is 140 cm³/mol. The first-order valence-corrected chi connectivity index (χ1v) is 11.0. The Labute approximate surface area is 208 Å². The van der Waals surface area contributed by atoms with Crippen LogP contribution in [0.25, 0.3) is 0 Å². The van der Waals surface area contributed by atoms with Gasteiger partial charge in [0.25, 0.3) is 0 Å². The van der Waals surface area contributed by atoms with Crippen LogP contribution in [-0.4, -0.2) is 49.1 Å². The third-order valence-electron chi connectivity index (χ3n) is 4.53. The average molecular weight is 485 g/mol. The second-order valence-electron chi connectivity index (χ2n) is 7.44. The number of aliphatic imine (C=N–C) groups is 1. The first kappa shape index (κ1) is 33.3. The number of likely N-dealkylation sites (N-methyl/N-ethyl adjacent to an activating group) is 1. The minimum atomic E-state index is -0.883. The molecule has 0 aromatic carbocycles. The number of carbonyl (C=O) groups excluding carboxylic acids is 3. The number of nitrogens with zero attached hydrogens (tertiary/aromatic N) is 3. The van der Waals surface area contributed by atoms with Gasteiger partial charge in [-0.3, -0.25) is 19.4 Å². The van der Waals surface area contributed by atoms with Crippen molar-refractivity contribution in [1.29, 1.82) is 5.26 Å². The Hall–Kier alpha value is -3.86. The lowest BCUT2D eigenvalue weighted by Gasteiger charge is -2.24. The number of amides is 2. The molecule has 8 heteroatoms. The number of allylic oxidation sites excluding steroid dienone is 6. The highest BCUT2D eigenvalue weighted by Gasteiger charge is 2.26. The van der Waals surface area contributed by atoms with Crippen molar-refractivity contribution >= 4 is 23.8 Å². The van der Waals surface area contributed by atoms with Crippen molar-refractivity contribution in [2.45, 2.75) is 41.0 Å². The van der Waals surface area contributed by atoms with Crippen LogP contribution in [-0.2, 0) is 14.4 Å². The van der Waals surface area contributed by atoms with Crippen molar-refractivity contribution < 1.29 is 18.8 Å². The highest BCUT2D eigenvalue weighted by molar-refractivity contribution is 6.11. The lowest BCUT2D eigenvalue weighted by Crippen LogP contribution is -2.34. The molecule has 35 heavy (non-hydrogen) atoms. The first-order valence-electron chi connectivity index (χ1n) is 11.0. The Balaban J connectivity index is 0. The van der Waals surface area contributed by atoms with Gasteiger partial charge in [-0.1, -0.05) is 56.9 Å². The quantitative estimate of drug-likeness (QED) is 0.134. The highest BCUT2D eigenvalue weighted by Crippen LogP contribution is 2.21. The van der Waals surface area contributed by atoms with E-state index in [0.717, 1.165) is 11.0 Å². The molecule has 0 saturated heterocycles. The van der Waals surface area contributed by atoms with E-state index in [-0.39, 0.29) is 30.2 Å². The van der Waals surface area contributed by atoms with Gasteiger partial charge >= 0.3 is 0 Å². The number of rotatable bonds is 13. The summed E-state index contributed by atoms with van der Waals surface area (Å²) in [6.45, 7) is 15.3. The minimum absolute atomic E-state index is 0.00773. The third kappa shape index (κ3) is 13.4. The molecule has 1 N–H and O–H groups in total. The molecule has 0 aromatic rings. The first-order chi connectivity index (χ1) is 16.6. The van der Waals surface area contributed by atoms with Crippen LogP contribution in [0, 0.1) is 17.2 Å². The van der Waals surface area contributed by atoms with Crippen molar-refractivity contribution in [3.8, 4) is 6.07 Å². The fraction of sp³-hybridized carbons (Fsp3) is 0.370. The summed E-state index contributed by atoms with van der Waals surface area (Å²) in [7, 11) is 1.43. The number of halogens is 1. The summed E-state index contributed by atoms with van der Waals surface area (Å²) in [5.74, 6) is -1.45. The van der Waals surface area contributed by atoms with Crippen LogP contribution in [0.15, 0.2) is 77.0 Å². The molecule has 0 saturated carbocycles. The molecular weight excluding hydrogens is 447 g/mol. The van der Waals surface area contributed by atoms with E-state index in [1.54, 1.807) is 20.8 Å². The van der Waals surface area contributed by atoms with Crippen molar-refractivity contribution in [3.05, 3.63) is 72.0 Å². The van der Waals surface area contributed by atoms with Gasteiger partial charge in [-0.25, -0.2) is 4.39 Å². The van der Waals surface area contributed by atoms with E-state index in [2.05, 4.69) is 23.5 Å². The topological polar surface area (TPSA) is 103 Å². The zero-order valence-corrected chi connectivity index (χ0v) is 21.6. The maximum atomic E-state index is 12.8. The van der Waals surface area contributed by atoms with Crippen LogP contribution >= 0.6 is 0 Å². The van der Waals surface area contributed by atoms with Crippen LogP contribution in [0.5, 0.6) is 0 Å². The largest absolute Gasteiger partial charge is 0.355 e. The Morgan fingerprint density at radius 2 is 1.86 bits per heavy atom. The number of ketones is 1. The van der Waals surface area contributed by atoms with Crippen molar-refractivity contribution in [1.82, 2.24) is 10.2 Å². The molecule has 0 aliphatic carbocycles. The van der Waals surface area contributed by atoms with Gasteiger partial charge in [0, 0.05) is 18.3 Å². The molecule has 0 aliphatic heterocycles. The van der Waals surface area contributed by atoms with E-state index in [1.165, 1.54) is 30.8 Å². The molecule has 0 atom stereocenters. The second kappa shape index (κ2) is 19.6. The molecule has 0 spiro atoms. The van der Waals surface area contributed by atoms with Gasteiger partial charge < -0.3 is 10.2 Å². The Morgan fingerprint density at radius 1 is 1.23 bits per heavy atom. The van der Waals surface area contributed by atoms with E-state index < -0.39 is 18.5 Å². The summed E-state index contributed by atoms with van der Waals surface area (Å²) in [5.41, 5.74) is 2.14. The van der Waals surface area contributed by atoms with Crippen molar-refractivity contribution in [2.24, 2.45) is 10.9 Å². The summed E-state index contributed by atoms with van der Waals surface area (Å²) in [6, 6.07) is 1.88. The molecule has 190 valence electrons. The molecule has 0 aliphatic rings. The van der Waals surface area contributed by atoms with E-state index in [0.29, 0.717) is 17.7 Å². The Bertz CT molecular complexity index is 948. The van der Waals surface area contributed by atoms with Crippen LogP contribution in [0.2, 0.25) is 0 Å². The highest BCUT2D eigenvalue weighted by atomic mass is 19.1. The predicted octanol–water partition coefficient (Wildman–Crippen LogP) is 4.78. The zero-order chi connectivity index (χ0) is 27.4. The molecule has 0 radical (unpaired) electrons. The molecule has 0 unspecified atom stereocenters. The fourth-order valence-corrected chi connectivity index (χ4v) is 2.57. The molecule has 0 rings (SSSR count). The van der Waals surface area contributed by atoms with Gasteiger partial charge in [0.2, 0.25) is 18.1 Å². The third-order valence-corrected chi connectivity index (χ3v) is 4.53. The SMILES string of the molecule is C=C/C(=C\C(C)=N/CF)CN(C=O)/C(C(=O)/C=C/CC#N)=C(\C(=O)NC)C(C)C.C=C/C(C)=C\C. The summed E-state index contributed by atoms with van der Waals surface area (Å²) in [5, 5.41) is 11.1. The number of alkyl halides is 1. The van der Waals surface area contributed by atoms with E-state index in [9.17, 15) is 18.8 Å². The number of nitriles is 1. The Kier molecular flexibility index (Phi) is 18.7. The van der Waals surface area contributed by atoms with Crippen LogP contribution in [0.4, 0.5) is 4.39 Å². The molecule has 0 fully saturated rings. The van der Waals surface area contributed by atoms with Crippen molar-refractivity contribution in [3.63, 3.8) is 0 Å². The van der Waals surface area contributed by atoms with Crippen LogP contribution in [0.1, 0.15) is 41.0 Å². The van der Waals surface area contributed by atoms with E-state index in [4.69, 9.17) is 5.26 Å². The number of carbonyl (C=O) groups is 3. The molecule has 7 nitrogen and oxygen atoms in total. The maximum absolute atomic E-state index is 12.8. The Morgan fingerprint density at radius 3 is 2.23 bits per heavy atom. The van der Waals surface area contributed by atoms with Crippen molar-refractivity contribution in [2.75, 3.05) is 20.4 Å². The lowest BCUT2D eigenvalue weighted by atomic mass is 9.96. The van der Waals surface area contributed by atoms with Gasteiger partial charge in [0.05, 0.1) is 19.0 Å². The molecular formula is C27H37FN4O3. The normalized spacial score (nSPS) is 12.7. The zero-order valence-electron chi connectivity index (χ0n) is 21.6. The maximum Gasteiger partial charge on any atom is 0.249 e. The minimum Gasteiger partial charge on any atom is -0.355 e. The van der Waals surface area contributed by atoms with Gasteiger partial charge in [-0.15, -0.1) is 0 Å². The molecule has 0 heterocycles. The summed E-state index contributed by atoms with van der Waals surface area (Å²) < 4.78 is 12.4. The number of hydrogen-bond acceptors (Lipinski definition) is 5. The second-order valence-corrected chi connectivity index (χ2v) is 7.44. The van der Waals surface area contributed by atoms with E-state index in [1.807, 2.05) is 32.1 Å². The van der Waals surface area contributed by atoms with Gasteiger partial charge in [0.1, 0.15) is 5.70 Å². The van der Waals surface area contributed by atoms with Gasteiger partial charge in [-0.2, -0.15) is 5.26 Å².